The number of fused-ring (bicyclic) bond motifs is 9. The molecule has 12 nitrogen and oxygen atoms in total. The Hall–Kier alpha value is -5.42. The van der Waals surface area contributed by atoms with Crippen LogP contribution in [0.2, 0.25) is 0 Å². The highest BCUT2D eigenvalue weighted by atomic mass is 32.2. The van der Waals surface area contributed by atoms with Crippen LogP contribution in [-0.2, 0) is 30.3 Å². The Labute approximate surface area is 360 Å². The molecule has 5 aliphatic rings. The minimum Gasteiger partial charge on any atom is -0.507 e. The minimum absolute atomic E-state index is 0.0306. The maximum absolute atomic E-state index is 14.4. The number of rotatable bonds is 9. The van der Waals surface area contributed by atoms with Gasteiger partial charge in [-0.1, -0.05) is 54.6 Å². The molecule has 1 saturated heterocycles. The van der Waals surface area contributed by atoms with E-state index in [1.54, 1.807) is 27.9 Å². The number of allylic oxidation sites excluding steroid dienone is 2. The summed E-state index contributed by atoms with van der Waals surface area (Å²) in [7, 11) is 3.64. The minimum atomic E-state index is -1.15. The van der Waals surface area contributed by atoms with E-state index in [0.717, 1.165) is 28.0 Å². The van der Waals surface area contributed by atoms with Gasteiger partial charge in [-0.05, 0) is 106 Å². The van der Waals surface area contributed by atoms with Gasteiger partial charge in [0, 0.05) is 46.2 Å². The molecule has 1 amide bonds. The monoisotopic (exact) mass is 844 g/mol. The number of nitrogens with zero attached hydrogens (tertiary/aromatic N) is 3. The molecule has 13 heteroatoms. The van der Waals surface area contributed by atoms with Crippen molar-refractivity contribution in [1.82, 2.24) is 15.1 Å². The topological polar surface area (TPSA) is 158 Å². The van der Waals surface area contributed by atoms with E-state index in [4.69, 9.17) is 14.2 Å². The standard InChI is InChI=1S/C48H52N4O8S/c1-24-17-27-18-35-37(20-49)52-36(41(51(35)7)39(27)25(2)45(24)58-8)19-32-40(44(55)43(54)26(3)42(32)53)38(52)21-59-46(56)34(50-47(57)60-48(4,5)6)23-61-22-33-30-15-11-9-13-28(30)29-14-10-12-16-31(29)33/h9-17,33-38,41,53H,18-19,21-23H2,1-8H3,(H,50,57)/t34-,35+,36+,37+,38+,41-/m1/s1. The number of hydrogen-bond acceptors (Lipinski definition) is 12. The molecule has 0 radical (unpaired) electrons. The second kappa shape index (κ2) is 16.1. The van der Waals surface area contributed by atoms with Gasteiger partial charge in [0.25, 0.3) is 0 Å². The summed E-state index contributed by atoms with van der Waals surface area (Å²) in [5.41, 5.74) is 8.32. The number of ketones is 2. The number of methoxy groups -OCH3 is 1. The summed E-state index contributed by atoms with van der Waals surface area (Å²) in [6.07, 6.45) is -0.0757. The highest BCUT2D eigenvalue weighted by Crippen LogP contribution is 2.52. The fourth-order valence-electron chi connectivity index (χ4n) is 10.5. The number of nitriles is 1. The quantitative estimate of drug-likeness (QED) is 0.132. The lowest BCUT2D eigenvalue weighted by atomic mass is 9.69. The zero-order chi connectivity index (χ0) is 43.7. The van der Waals surface area contributed by atoms with Gasteiger partial charge in [-0.25, -0.2) is 9.59 Å². The smallest absolute Gasteiger partial charge is 0.408 e. The molecule has 3 aromatic rings. The normalized spacial score (nSPS) is 23.9. The number of hydrogen-bond donors (Lipinski definition) is 2. The third kappa shape index (κ3) is 7.22. The van der Waals surface area contributed by atoms with Crippen LogP contribution in [0.25, 0.3) is 11.1 Å². The fourth-order valence-corrected chi connectivity index (χ4v) is 11.7. The van der Waals surface area contributed by atoms with E-state index in [1.165, 1.54) is 40.9 Å². The highest BCUT2D eigenvalue weighted by Gasteiger charge is 2.57. The summed E-state index contributed by atoms with van der Waals surface area (Å²) >= 11 is 1.50. The van der Waals surface area contributed by atoms with Crippen LogP contribution >= 0.6 is 11.8 Å². The number of alkyl carbamates (subject to hydrolysis) is 1. The number of benzene rings is 3. The largest absolute Gasteiger partial charge is 0.507 e. The molecular formula is C48H52N4O8S. The van der Waals surface area contributed by atoms with Crippen molar-refractivity contribution in [2.75, 3.05) is 32.3 Å². The Balaban J connectivity index is 1.12. The number of aliphatic hydroxyl groups excluding tert-OH is 1. The number of carbonyl (C=O) groups excluding carboxylic acids is 4. The van der Waals surface area contributed by atoms with Crippen LogP contribution in [0, 0.1) is 25.2 Å². The van der Waals surface area contributed by atoms with Crippen LogP contribution in [-0.4, -0.2) is 107 Å². The molecule has 0 aromatic heterocycles. The Morgan fingerprint density at radius 3 is 2.28 bits per heavy atom. The van der Waals surface area contributed by atoms with Crippen molar-refractivity contribution in [3.05, 3.63) is 110 Å². The second-order valence-corrected chi connectivity index (χ2v) is 18.8. The molecule has 61 heavy (non-hydrogen) atoms. The van der Waals surface area contributed by atoms with Gasteiger partial charge in [0.2, 0.25) is 11.6 Å². The molecule has 3 heterocycles. The second-order valence-electron chi connectivity index (χ2n) is 17.7. The molecule has 3 aliphatic heterocycles. The molecule has 1 fully saturated rings. The number of nitrogens with one attached hydrogen (secondary N) is 1. The maximum atomic E-state index is 14.4. The lowest BCUT2D eigenvalue weighted by Gasteiger charge is -2.60. The number of likely N-dealkylation sites (N-methyl/N-ethyl adjacent to an activating group) is 1. The van der Waals surface area contributed by atoms with Crippen molar-refractivity contribution in [3.8, 4) is 22.9 Å². The van der Waals surface area contributed by atoms with Gasteiger partial charge in [-0.15, -0.1) is 0 Å². The average Bonchev–Trinajstić information content (AvgIpc) is 3.53. The first kappa shape index (κ1) is 42.3. The third-order valence-corrected chi connectivity index (χ3v) is 14.2. The first-order valence-corrected chi connectivity index (χ1v) is 21.9. The SMILES string of the molecule is COc1c(C)cc2c(c1C)[C@H]1[C@@H]3CC4=C(C(=O)C(=O)C(C)=C4O)[C@H](COC(=O)[C@@H](CSCC4c5ccccc5-c5ccccc54)NC(=O)OC(C)(C)C)N3[C@@H](C#N)[C@H](C2)N1C. The van der Waals surface area contributed by atoms with Gasteiger partial charge in [0.05, 0.1) is 25.3 Å². The molecule has 2 bridgehead atoms. The van der Waals surface area contributed by atoms with Crippen LogP contribution < -0.4 is 10.1 Å². The number of amides is 1. The van der Waals surface area contributed by atoms with Gasteiger partial charge in [-0.2, -0.15) is 17.0 Å². The van der Waals surface area contributed by atoms with Crippen LogP contribution in [0.1, 0.15) is 79.5 Å². The zero-order valence-corrected chi connectivity index (χ0v) is 36.6. The van der Waals surface area contributed by atoms with Gasteiger partial charge in [0.1, 0.15) is 35.8 Å². The summed E-state index contributed by atoms with van der Waals surface area (Å²) in [4.78, 5) is 59.2. The van der Waals surface area contributed by atoms with Crippen molar-refractivity contribution in [3.63, 3.8) is 0 Å². The Kier molecular flexibility index (Phi) is 11.2. The predicted molar refractivity (Wildman–Crippen MR) is 231 cm³/mol. The van der Waals surface area contributed by atoms with E-state index in [0.29, 0.717) is 17.7 Å². The number of ether oxygens (including phenoxy) is 3. The molecule has 318 valence electrons. The van der Waals surface area contributed by atoms with E-state index in [9.17, 15) is 29.5 Å². The van der Waals surface area contributed by atoms with Gasteiger partial charge in [-0.3, -0.25) is 19.4 Å². The van der Waals surface area contributed by atoms with E-state index in [-0.39, 0.29) is 47.1 Å². The molecule has 0 unspecified atom stereocenters. The van der Waals surface area contributed by atoms with Crippen molar-refractivity contribution in [2.45, 2.75) is 102 Å². The Bertz CT molecular complexity index is 2420. The molecule has 2 N–H and O–H groups in total. The van der Waals surface area contributed by atoms with Crippen molar-refractivity contribution in [2.24, 2.45) is 0 Å². The van der Waals surface area contributed by atoms with Crippen LogP contribution in [0.3, 0.4) is 0 Å². The highest BCUT2D eigenvalue weighted by molar-refractivity contribution is 7.99. The number of aryl methyl sites for hydroxylation is 1. The lowest BCUT2D eigenvalue weighted by Crippen LogP contribution is -2.70. The van der Waals surface area contributed by atoms with Gasteiger partial charge in [0.15, 0.2) is 0 Å². The molecule has 6 atom stereocenters. The zero-order valence-electron chi connectivity index (χ0n) is 35.8. The van der Waals surface area contributed by atoms with Crippen LogP contribution in [0.4, 0.5) is 4.79 Å². The van der Waals surface area contributed by atoms with Gasteiger partial charge < -0.3 is 24.6 Å². The van der Waals surface area contributed by atoms with Crippen LogP contribution in [0.5, 0.6) is 5.75 Å². The first-order valence-electron chi connectivity index (χ1n) is 20.8. The summed E-state index contributed by atoms with van der Waals surface area (Å²) in [5, 5.41) is 25.3. The van der Waals surface area contributed by atoms with E-state index >= 15 is 0 Å². The number of aliphatic hydroxyl groups is 1. The third-order valence-electron chi connectivity index (χ3n) is 13.1. The number of Topliss-reactive ketones (excluding diaryl/α,β-unsaturated/α-hetero) is 2. The number of carbonyl (C=O) groups is 4. The summed E-state index contributed by atoms with van der Waals surface area (Å²) in [6, 6.07) is 17.1. The molecular weight excluding hydrogens is 793 g/mol. The summed E-state index contributed by atoms with van der Waals surface area (Å²) < 4.78 is 17.6. The molecule has 0 saturated carbocycles. The number of esters is 1. The lowest BCUT2D eigenvalue weighted by molar-refractivity contribution is -0.150. The summed E-state index contributed by atoms with van der Waals surface area (Å²) in [6.45, 7) is 10.2. The number of piperazine rings is 1. The van der Waals surface area contributed by atoms with E-state index < -0.39 is 60.0 Å². The van der Waals surface area contributed by atoms with E-state index in [1.807, 2.05) is 50.1 Å². The van der Waals surface area contributed by atoms with Crippen LogP contribution in [0.15, 0.2) is 77.1 Å². The predicted octanol–water partition coefficient (Wildman–Crippen LogP) is 6.82. The summed E-state index contributed by atoms with van der Waals surface area (Å²) in [5.74, 6) is -1.06. The van der Waals surface area contributed by atoms with Crippen molar-refractivity contribution < 1.29 is 38.5 Å². The van der Waals surface area contributed by atoms with Gasteiger partial charge >= 0.3 is 12.1 Å². The average molecular weight is 845 g/mol. The van der Waals surface area contributed by atoms with Crippen molar-refractivity contribution in [1.29, 1.82) is 5.26 Å². The molecule has 0 spiro atoms. The molecule has 3 aromatic carbocycles. The Morgan fingerprint density at radius 1 is 1.00 bits per heavy atom. The molecule has 2 aliphatic carbocycles. The maximum Gasteiger partial charge on any atom is 0.408 e. The van der Waals surface area contributed by atoms with E-state index in [2.05, 4.69) is 46.6 Å². The van der Waals surface area contributed by atoms with Crippen molar-refractivity contribution >= 4 is 35.4 Å². The molecule has 8 rings (SSSR count). The first-order chi connectivity index (χ1) is 29.1. The Morgan fingerprint density at radius 2 is 1.66 bits per heavy atom. The number of thioether (sulfide) groups is 1. The fraction of sp³-hybridized carbons (Fsp3) is 0.438.